The van der Waals surface area contributed by atoms with Crippen molar-refractivity contribution in [1.82, 2.24) is 0 Å². The first-order valence-electron chi connectivity index (χ1n) is 11.3. The third kappa shape index (κ3) is 2.37. The standard InChI is InChI=1S/C24H36O3/c1-4-23(16(2)25)11-9-21-20-6-5-17-15-24(26-13-14-27-24)12-8-18(17)19(20)7-10-22(21,23)3/h7,16,20-21,25H,4-6,8-15H2,1-3H3/t16-,20+,21-,22-,23+/m0/s1. The molecule has 27 heavy (non-hydrogen) atoms. The van der Waals surface area contributed by atoms with Crippen molar-refractivity contribution in [2.45, 2.75) is 90.4 Å². The van der Waals surface area contributed by atoms with Crippen LogP contribution in [-0.2, 0) is 9.47 Å². The zero-order chi connectivity index (χ0) is 18.9. The number of hydrogen-bond donors (Lipinski definition) is 1. The first kappa shape index (κ1) is 18.4. The summed E-state index contributed by atoms with van der Waals surface area (Å²) in [5.74, 6) is 1.14. The first-order chi connectivity index (χ1) is 12.9. The number of aliphatic hydroxyl groups excluding tert-OH is 1. The zero-order valence-corrected chi connectivity index (χ0v) is 17.4. The molecule has 5 aliphatic rings. The van der Waals surface area contributed by atoms with E-state index in [0.717, 1.165) is 51.2 Å². The molecule has 2 fully saturated rings. The molecular weight excluding hydrogens is 336 g/mol. The van der Waals surface area contributed by atoms with E-state index in [2.05, 4.69) is 19.9 Å². The maximum Gasteiger partial charge on any atom is 0.172 e. The van der Waals surface area contributed by atoms with Crippen molar-refractivity contribution < 1.29 is 14.6 Å². The fourth-order valence-electron chi connectivity index (χ4n) is 8.02. The van der Waals surface area contributed by atoms with Crippen molar-refractivity contribution in [1.29, 1.82) is 0 Å². The van der Waals surface area contributed by atoms with Gasteiger partial charge in [0, 0.05) is 18.3 Å². The van der Waals surface area contributed by atoms with E-state index in [4.69, 9.17) is 9.47 Å². The van der Waals surface area contributed by atoms with Crippen LogP contribution in [0.1, 0.15) is 78.6 Å². The van der Waals surface area contributed by atoms with Crippen molar-refractivity contribution in [2.75, 3.05) is 13.2 Å². The number of hydrogen-bond acceptors (Lipinski definition) is 3. The molecule has 1 saturated carbocycles. The molecule has 0 bridgehead atoms. The molecule has 0 aromatic heterocycles. The molecule has 1 heterocycles. The van der Waals surface area contributed by atoms with E-state index in [9.17, 15) is 5.11 Å². The second kappa shape index (κ2) is 6.18. The zero-order valence-electron chi connectivity index (χ0n) is 17.4. The van der Waals surface area contributed by atoms with E-state index in [-0.39, 0.29) is 22.7 Å². The van der Waals surface area contributed by atoms with E-state index >= 15 is 0 Å². The van der Waals surface area contributed by atoms with E-state index < -0.39 is 0 Å². The van der Waals surface area contributed by atoms with Crippen molar-refractivity contribution in [3.63, 3.8) is 0 Å². The van der Waals surface area contributed by atoms with Crippen LogP contribution in [0.25, 0.3) is 0 Å². The molecule has 1 saturated heterocycles. The lowest BCUT2D eigenvalue weighted by atomic mass is 9.51. The Balaban J connectivity index is 1.48. The van der Waals surface area contributed by atoms with Crippen LogP contribution >= 0.6 is 0 Å². The van der Waals surface area contributed by atoms with Crippen LogP contribution in [0, 0.1) is 22.7 Å². The van der Waals surface area contributed by atoms with Crippen LogP contribution in [0.4, 0.5) is 0 Å². The summed E-state index contributed by atoms with van der Waals surface area (Å²) in [5.41, 5.74) is 5.28. The van der Waals surface area contributed by atoms with Crippen LogP contribution < -0.4 is 0 Å². The Morgan fingerprint density at radius 2 is 1.96 bits per heavy atom. The summed E-state index contributed by atoms with van der Waals surface area (Å²) in [6.07, 6.45) is 12.7. The molecule has 5 rings (SSSR count). The topological polar surface area (TPSA) is 38.7 Å². The van der Waals surface area contributed by atoms with Gasteiger partial charge in [0.1, 0.15) is 0 Å². The van der Waals surface area contributed by atoms with Crippen LogP contribution in [0.5, 0.6) is 0 Å². The summed E-state index contributed by atoms with van der Waals surface area (Å²) < 4.78 is 12.0. The van der Waals surface area contributed by atoms with E-state index in [1.54, 1.807) is 16.7 Å². The average Bonchev–Trinajstić information content (AvgIpc) is 3.23. The van der Waals surface area contributed by atoms with Crippen molar-refractivity contribution in [3.8, 4) is 0 Å². The van der Waals surface area contributed by atoms with Gasteiger partial charge in [-0.2, -0.15) is 0 Å². The lowest BCUT2D eigenvalue weighted by Crippen LogP contribution is -2.49. The number of ether oxygens (including phenoxy) is 2. The maximum absolute atomic E-state index is 10.8. The molecular formula is C24H36O3. The van der Waals surface area contributed by atoms with Crippen molar-refractivity contribution >= 4 is 0 Å². The predicted octanol–water partition coefficient (Wildman–Crippen LogP) is 5.14. The summed E-state index contributed by atoms with van der Waals surface area (Å²) in [6.45, 7) is 8.34. The van der Waals surface area contributed by atoms with Gasteiger partial charge in [-0.3, -0.25) is 0 Å². The second-order valence-electron chi connectivity index (χ2n) is 10.1. The predicted molar refractivity (Wildman–Crippen MR) is 106 cm³/mol. The molecule has 0 amide bonds. The molecule has 3 heteroatoms. The Kier molecular flexibility index (Phi) is 4.21. The highest BCUT2D eigenvalue weighted by Crippen LogP contribution is 2.68. The van der Waals surface area contributed by atoms with Crippen LogP contribution in [-0.4, -0.2) is 30.2 Å². The van der Waals surface area contributed by atoms with Gasteiger partial charge < -0.3 is 14.6 Å². The average molecular weight is 373 g/mol. The minimum absolute atomic E-state index is 0.0938. The normalized spacial score (nSPS) is 43.9. The second-order valence-corrected chi connectivity index (χ2v) is 10.1. The Hall–Kier alpha value is -0.640. The highest BCUT2D eigenvalue weighted by molar-refractivity contribution is 5.45. The van der Waals surface area contributed by atoms with Gasteiger partial charge in [0.25, 0.3) is 0 Å². The van der Waals surface area contributed by atoms with Crippen molar-refractivity contribution in [3.05, 3.63) is 22.8 Å². The van der Waals surface area contributed by atoms with Gasteiger partial charge in [-0.1, -0.05) is 25.5 Å². The Morgan fingerprint density at radius 3 is 2.67 bits per heavy atom. The van der Waals surface area contributed by atoms with Gasteiger partial charge in [0.15, 0.2) is 5.79 Å². The van der Waals surface area contributed by atoms with Crippen molar-refractivity contribution in [2.24, 2.45) is 22.7 Å². The van der Waals surface area contributed by atoms with Gasteiger partial charge in [-0.05, 0) is 80.3 Å². The highest BCUT2D eigenvalue weighted by Gasteiger charge is 2.61. The molecule has 1 aliphatic heterocycles. The Morgan fingerprint density at radius 1 is 1.19 bits per heavy atom. The summed E-state index contributed by atoms with van der Waals surface area (Å²) in [7, 11) is 0. The summed E-state index contributed by atoms with van der Waals surface area (Å²) in [5, 5.41) is 10.8. The van der Waals surface area contributed by atoms with Crippen LogP contribution in [0.15, 0.2) is 22.8 Å². The van der Waals surface area contributed by atoms with Gasteiger partial charge in [0.2, 0.25) is 0 Å². The summed E-state index contributed by atoms with van der Waals surface area (Å²) in [4.78, 5) is 0. The Bertz CT molecular complexity index is 684. The van der Waals surface area contributed by atoms with Crippen LogP contribution in [0.3, 0.4) is 0 Å². The van der Waals surface area contributed by atoms with Gasteiger partial charge >= 0.3 is 0 Å². The van der Waals surface area contributed by atoms with Gasteiger partial charge in [-0.25, -0.2) is 0 Å². The van der Waals surface area contributed by atoms with Crippen LogP contribution in [0.2, 0.25) is 0 Å². The molecule has 4 aliphatic carbocycles. The highest BCUT2D eigenvalue weighted by atomic mass is 16.7. The first-order valence-corrected chi connectivity index (χ1v) is 11.3. The fraction of sp³-hybridized carbons (Fsp3) is 0.833. The number of fused-ring (bicyclic) bond motifs is 4. The maximum atomic E-state index is 10.8. The lowest BCUT2D eigenvalue weighted by Gasteiger charge is -2.54. The van der Waals surface area contributed by atoms with Gasteiger partial charge in [-0.15, -0.1) is 0 Å². The molecule has 3 nitrogen and oxygen atoms in total. The summed E-state index contributed by atoms with van der Waals surface area (Å²) >= 11 is 0. The molecule has 5 atom stereocenters. The third-order valence-corrected chi connectivity index (χ3v) is 9.50. The quantitative estimate of drug-likeness (QED) is 0.729. The summed E-state index contributed by atoms with van der Waals surface area (Å²) in [6, 6.07) is 0. The minimum Gasteiger partial charge on any atom is -0.393 e. The molecule has 1 spiro atoms. The molecule has 1 N–H and O–H groups in total. The monoisotopic (exact) mass is 372 g/mol. The Labute approximate surface area is 164 Å². The molecule has 0 aromatic carbocycles. The number of aliphatic hydroxyl groups is 1. The molecule has 150 valence electrons. The lowest BCUT2D eigenvalue weighted by molar-refractivity contribution is -0.164. The smallest absolute Gasteiger partial charge is 0.172 e. The minimum atomic E-state index is -0.299. The molecule has 0 aromatic rings. The number of allylic oxidation sites excluding steroid dienone is 3. The SMILES string of the molecule is CC[C@]1([C@H](C)O)CC[C@H]2[C@@H]3CCC4=C(CCC5(C4)OCCO5)C3=CC[C@@]21C. The van der Waals surface area contributed by atoms with Gasteiger partial charge in [0.05, 0.1) is 19.3 Å². The molecule has 0 unspecified atom stereocenters. The molecule has 0 radical (unpaired) electrons. The largest absolute Gasteiger partial charge is 0.393 e. The fourth-order valence-corrected chi connectivity index (χ4v) is 8.02. The van der Waals surface area contributed by atoms with E-state index in [0.29, 0.717) is 5.92 Å². The van der Waals surface area contributed by atoms with E-state index in [1.165, 1.54) is 25.7 Å². The third-order valence-electron chi connectivity index (χ3n) is 9.50. The number of rotatable bonds is 2. The van der Waals surface area contributed by atoms with E-state index in [1.807, 2.05) is 6.92 Å².